The Morgan fingerprint density at radius 3 is 2.41 bits per heavy atom. The van der Waals surface area contributed by atoms with Crippen molar-refractivity contribution >= 4 is 34.8 Å². The van der Waals surface area contributed by atoms with Crippen LogP contribution in [-0.4, -0.2) is 62.1 Å². The molecular weight excluding hydrogens is 512 g/mol. The number of benzene rings is 2. The molecule has 3 rings (SSSR count). The molecule has 0 saturated heterocycles. The Morgan fingerprint density at radius 1 is 1.00 bits per heavy atom. The van der Waals surface area contributed by atoms with E-state index in [2.05, 4.69) is 6.58 Å². The number of carbonyl (C=O) groups excluding carboxylic acids is 2. The van der Waals surface area contributed by atoms with E-state index in [0.717, 1.165) is 10.4 Å². The van der Waals surface area contributed by atoms with Crippen LogP contribution in [0.2, 0.25) is 5.02 Å². The average Bonchev–Trinajstić information content (AvgIpc) is 3.43. The second-order valence-corrected chi connectivity index (χ2v) is 9.61. The van der Waals surface area contributed by atoms with E-state index >= 15 is 0 Å². The van der Waals surface area contributed by atoms with E-state index in [-0.39, 0.29) is 31.5 Å². The summed E-state index contributed by atoms with van der Waals surface area (Å²) in [5.41, 5.74) is 1.01. The van der Waals surface area contributed by atoms with Gasteiger partial charge in [-0.05, 0) is 59.8 Å². The van der Waals surface area contributed by atoms with Crippen molar-refractivity contribution in [1.82, 2.24) is 9.80 Å². The quantitative estimate of drug-likeness (QED) is 0.266. The molecule has 0 saturated carbocycles. The van der Waals surface area contributed by atoms with Gasteiger partial charge in [0.25, 0.3) is 5.91 Å². The van der Waals surface area contributed by atoms with E-state index in [1.54, 1.807) is 60.8 Å². The number of carbonyl (C=O) groups is 2. The topological polar surface area (TPSA) is 68.3 Å². The lowest BCUT2D eigenvalue weighted by atomic mass is 10.1. The summed E-state index contributed by atoms with van der Waals surface area (Å²) in [4.78, 5) is 30.6. The predicted molar refractivity (Wildman–Crippen MR) is 147 cm³/mol. The summed E-state index contributed by atoms with van der Waals surface area (Å²) in [5.74, 6) is 1.35. The molecule has 0 bridgehead atoms. The van der Waals surface area contributed by atoms with Crippen LogP contribution < -0.4 is 14.2 Å². The van der Waals surface area contributed by atoms with Crippen LogP contribution in [0.3, 0.4) is 0 Å². The summed E-state index contributed by atoms with van der Waals surface area (Å²) in [6.45, 7) is 4.63. The highest BCUT2D eigenvalue weighted by Crippen LogP contribution is 2.28. The molecule has 2 amide bonds. The number of methoxy groups -OCH3 is 2. The molecule has 0 aliphatic rings. The van der Waals surface area contributed by atoms with Crippen LogP contribution in [0, 0.1) is 0 Å². The zero-order chi connectivity index (χ0) is 26.6. The molecule has 1 aromatic heterocycles. The third-order valence-corrected chi connectivity index (χ3v) is 6.72. The van der Waals surface area contributed by atoms with Crippen LogP contribution in [0.15, 0.2) is 72.6 Å². The number of ether oxygens (including phenoxy) is 3. The molecule has 196 valence electrons. The Kier molecular flexibility index (Phi) is 10.9. The average molecular weight is 543 g/mol. The first-order valence-corrected chi connectivity index (χ1v) is 13.0. The van der Waals surface area contributed by atoms with Crippen LogP contribution in [-0.2, 0) is 22.6 Å². The van der Waals surface area contributed by atoms with Crippen molar-refractivity contribution in [2.24, 2.45) is 0 Å². The molecule has 0 spiro atoms. The van der Waals surface area contributed by atoms with Crippen molar-refractivity contribution in [3.05, 3.63) is 88.1 Å². The second-order valence-electron chi connectivity index (χ2n) is 8.14. The smallest absolute Gasteiger partial charge is 0.261 e. The van der Waals surface area contributed by atoms with Crippen molar-refractivity contribution < 1.29 is 23.8 Å². The molecule has 0 aliphatic heterocycles. The van der Waals surface area contributed by atoms with E-state index in [9.17, 15) is 9.59 Å². The van der Waals surface area contributed by atoms with Gasteiger partial charge in [-0.1, -0.05) is 29.8 Å². The number of hydrogen-bond donors (Lipinski definition) is 0. The van der Waals surface area contributed by atoms with Gasteiger partial charge in [-0.25, -0.2) is 0 Å². The van der Waals surface area contributed by atoms with Crippen molar-refractivity contribution in [2.75, 3.05) is 40.5 Å². The highest BCUT2D eigenvalue weighted by atomic mass is 35.5. The number of rotatable bonds is 14. The van der Waals surface area contributed by atoms with Gasteiger partial charge in [0.2, 0.25) is 5.91 Å². The van der Waals surface area contributed by atoms with Crippen molar-refractivity contribution in [3.8, 4) is 17.2 Å². The summed E-state index contributed by atoms with van der Waals surface area (Å²) in [6, 6.07) is 16.4. The van der Waals surface area contributed by atoms with E-state index in [4.69, 9.17) is 25.8 Å². The molecule has 1 heterocycles. The van der Waals surface area contributed by atoms with Crippen LogP contribution >= 0.6 is 22.9 Å². The van der Waals surface area contributed by atoms with Gasteiger partial charge in [0.1, 0.15) is 12.3 Å². The molecule has 2 aromatic carbocycles. The molecule has 9 heteroatoms. The Bertz CT molecular complexity index is 1170. The highest BCUT2D eigenvalue weighted by molar-refractivity contribution is 7.09. The third-order valence-electron chi connectivity index (χ3n) is 5.60. The summed E-state index contributed by atoms with van der Waals surface area (Å²) in [7, 11) is 3.19. The van der Waals surface area contributed by atoms with Gasteiger partial charge in [0, 0.05) is 23.0 Å². The number of hydrogen-bond acceptors (Lipinski definition) is 6. The van der Waals surface area contributed by atoms with Crippen molar-refractivity contribution in [2.45, 2.75) is 13.0 Å². The van der Waals surface area contributed by atoms with Gasteiger partial charge in [-0.15, -0.1) is 17.9 Å². The fraction of sp³-hybridized carbons (Fsp3) is 0.286. The first-order valence-electron chi connectivity index (χ1n) is 11.7. The Hall–Kier alpha value is -3.49. The normalized spacial score (nSPS) is 10.5. The van der Waals surface area contributed by atoms with Gasteiger partial charge in [0.15, 0.2) is 18.1 Å². The zero-order valence-corrected chi connectivity index (χ0v) is 22.6. The molecule has 37 heavy (non-hydrogen) atoms. The van der Waals surface area contributed by atoms with Crippen LogP contribution in [0.4, 0.5) is 0 Å². The van der Waals surface area contributed by atoms with Gasteiger partial charge in [-0.3, -0.25) is 9.59 Å². The molecule has 3 aromatic rings. The lowest BCUT2D eigenvalue weighted by Crippen LogP contribution is -2.44. The lowest BCUT2D eigenvalue weighted by Gasteiger charge is -2.27. The van der Waals surface area contributed by atoms with Gasteiger partial charge in [0.05, 0.1) is 20.8 Å². The summed E-state index contributed by atoms with van der Waals surface area (Å²) >= 11 is 7.49. The largest absolute Gasteiger partial charge is 0.493 e. The van der Waals surface area contributed by atoms with E-state index in [1.165, 1.54) is 4.90 Å². The van der Waals surface area contributed by atoms with Crippen molar-refractivity contribution in [1.29, 1.82) is 0 Å². The summed E-state index contributed by atoms with van der Waals surface area (Å²) in [6.07, 6.45) is 2.22. The number of thiophene rings is 1. The van der Waals surface area contributed by atoms with Gasteiger partial charge >= 0.3 is 0 Å². The summed E-state index contributed by atoms with van der Waals surface area (Å²) < 4.78 is 16.3. The first-order chi connectivity index (χ1) is 17.9. The molecule has 0 N–H and O–H groups in total. The zero-order valence-electron chi connectivity index (χ0n) is 21.0. The second kappa shape index (κ2) is 14.3. The third kappa shape index (κ3) is 8.55. The number of amides is 2. The SMILES string of the molecule is C=CCN(CC(=O)N(CCc1ccc(OC)c(OC)c1)Cc1cccs1)C(=O)COc1ccc(Cl)cc1. The standard InChI is InChI=1S/C28H31ClN2O5S/c1-4-14-30(28(33)20-36-23-10-8-22(29)9-11-23)19-27(32)31(18-24-6-5-16-37-24)15-13-21-7-12-25(34-2)26(17-21)35-3/h4-12,16-17H,1,13-15,18-20H2,2-3H3. The molecular formula is C28H31ClN2O5S. The minimum Gasteiger partial charge on any atom is -0.493 e. The van der Waals surface area contributed by atoms with E-state index in [0.29, 0.717) is 41.8 Å². The minimum atomic E-state index is -0.306. The van der Waals surface area contributed by atoms with E-state index < -0.39 is 0 Å². The van der Waals surface area contributed by atoms with E-state index in [1.807, 2.05) is 35.7 Å². The van der Waals surface area contributed by atoms with Crippen LogP contribution in [0.1, 0.15) is 10.4 Å². The minimum absolute atomic E-state index is 0.0772. The predicted octanol–water partition coefficient (Wildman–Crippen LogP) is 5.08. The van der Waals surface area contributed by atoms with Crippen LogP contribution in [0.5, 0.6) is 17.2 Å². The molecule has 0 aliphatic carbocycles. The molecule has 7 nitrogen and oxygen atoms in total. The van der Waals surface area contributed by atoms with Gasteiger partial charge < -0.3 is 24.0 Å². The lowest BCUT2D eigenvalue weighted by molar-refractivity contribution is -0.141. The monoisotopic (exact) mass is 542 g/mol. The Balaban J connectivity index is 1.67. The number of halogens is 1. The molecule has 0 atom stereocenters. The maximum atomic E-state index is 13.4. The summed E-state index contributed by atoms with van der Waals surface area (Å²) in [5, 5.41) is 2.56. The number of nitrogens with zero attached hydrogens (tertiary/aromatic N) is 2. The van der Waals surface area contributed by atoms with Crippen molar-refractivity contribution in [3.63, 3.8) is 0 Å². The molecule has 0 fully saturated rings. The maximum Gasteiger partial charge on any atom is 0.261 e. The molecule has 0 radical (unpaired) electrons. The van der Waals surface area contributed by atoms with Crippen LogP contribution in [0.25, 0.3) is 0 Å². The molecule has 0 unspecified atom stereocenters. The first kappa shape index (κ1) is 28.1. The maximum absolute atomic E-state index is 13.4. The highest BCUT2D eigenvalue weighted by Gasteiger charge is 2.22. The Morgan fingerprint density at radius 2 is 1.76 bits per heavy atom. The Labute approximate surface area is 226 Å². The fourth-order valence-electron chi connectivity index (χ4n) is 3.62. The van der Waals surface area contributed by atoms with Gasteiger partial charge in [-0.2, -0.15) is 0 Å². The fourth-order valence-corrected chi connectivity index (χ4v) is 4.47.